The molecule has 2 aromatic heterocycles. The van der Waals surface area contributed by atoms with E-state index in [1.807, 2.05) is 36.7 Å². The highest BCUT2D eigenvalue weighted by Crippen LogP contribution is 2.39. The van der Waals surface area contributed by atoms with E-state index in [2.05, 4.69) is 28.3 Å². The fraction of sp³-hybridized carbons (Fsp3) is 0.188. The molecule has 2 heterocycles. The second-order valence-corrected chi connectivity index (χ2v) is 5.88. The standard InChI is InChI=1S/C16H15ClN2S/c1-2-10-19(12-6-8-18-9-7-12)15-11-20-16-13(15)4-3-5-14(16)17/h3-9,11H,2,10H2,1H3. The van der Waals surface area contributed by atoms with Gasteiger partial charge in [-0.3, -0.25) is 4.98 Å². The molecule has 0 aliphatic carbocycles. The molecule has 2 nitrogen and oxygen atoms in total. The first-order chi connectivity index (χ1) is 9.81. The molecule has 102 valence electrons. The summed E-state index contributed by atoms with van der Waals surface area (Å²) in [6.45, 7) is 3.16. The summed E-state index contributed by atoms with van der Waals surface area (Å²) < 4.78 is 1.15. The SMILES string of the molecule is CCCN(c1ccncc1)c1csc2c(Cl)cccc12. The lowest BCUT2D eigenvalue weighted by Crippen LogP contribution is -2.17. The number of nitrogens with zero attached hydrogens (tertiary/aromatic N) is 2. The third-order valence-corrected chi connectivity index (χ3v) is 4.69. The summed E-state index contributed by atoms with van der Waals surface area (Å²) in [5.41, 5.74) is 2.39. The van der Waals surface area contributed by atoms with Crippen molar-refractivity contribution in [2.75, 3.05) is 11.4 Å². The molecular formula is C16H15ClN2S. The minimum Gasteiger partial charge on any atom is -0.340 e. The van der Waals surface area contributed by atoms with E-state index in [9.17, 15) is 0 Å². The van der Waals surface area contributed by atoms with Crippen LogP contribution in [0.15, 0.2) is 48.1 Å². The smallest absolute Gasteiger partial charge is 0.0600 e. The van der Waals surface area contributed by atoms with Crippen LogP contribution in [0.3, 0.4) is 0 Å². The quantitative estimate of drug-likeness (QED) is 0.633. The summed E-state index contributed by atoms with van der Waals surface area (Å²) in [6, 6.07) is 10.2. The van der Waals surface area contributed by atoms with E-state index in [-0.39, 0.29) is 0 Å². The first-order valence-corrected chi connectivity index (χ1v) is 7.90. The van der Waals surface area contributed by atoms with Gasteiger partial charge in [0, 0.05) is 35.4 Å². The van der Waals surface area contributed by atoms with Crippen LogP contribution < -0.4 is 4.90 Å². The zero-order valence-electron chi connectivity index (χ0n) is 11.2. The zero-order valence-corrected chi connectivity index (χ0v) is 12.8. The predicted octanol–water partition coefficient (Wildman–Crippen LogP) is 5.50. The molecule has 20 heavy (non-hydrogen) atoms. The van der Waals surface area contributed by atoms with Crippen molar-refractivity contribution in [1.29, 1.82) is 0 Å². The largest absolute Gasteiger partial charge is 0.340 e. The van der Waals surface area contributed by atoms with Gasteiger partial charge in [-0.05, 0) is 24.6 Å². The number of aromatic nitrogens is 1. The van der Waals surface area contributed by atoms with Gasteiger partial charge < -0.3 is 4.90 Å². The minimum absolute atomic E-state index is 0.824. The molecule has 0 N–H and O–H groups in total. The maximum atomic E-state index is 6.28. The van der Waals surface area contributed by atoms with Crippen LogP contribution in [0.1, 0.15) is 13.3 Å². The van der Waals surface area contributed by atoms with Crippen LogP contribution in [-0.2, 0) is 0 Å². The molecule has 0 saturated heterocycles. The topological polar surface area (TPSA) is 16.1 Å². The summed E-state index contributed by atoms with van der Waals surface area (Å²) in [6.07, 6.45) is 4.75. The highest BCUT2D eigenvalue weighted by molar-refractivity contribution is 7.18. The van der Waals surface area contributed by atoms with Crippen molar-refractivity contribution in [2.24, 2.45) is 0 Å². The summed E-state index contributed by atoms with van der Waals surface area (Å²) in [5, 5.41) is 4.23. The maximum Gasteiger partial charge on any atom is 0.0600 e. The van der Waals surface area contributed by atoms with Crippen molar-refractivity contribution >= 4 is 44.4 Å². The summed E-state index contributed by atoms with van der Waals surface area (Å²) in [5.74, 6) is 0. The summed E-state index contributed by atoms with van der Waals surface area (Å²) in [4.78, 5) is 6.43. The number of thiophene rings is 1. The van der Waals surface area contributed by atoms with E-state index in [0.717, 1.165) is 22.7 Å². The highest BCUT2D eigenvalue weighted by atomic mass is 35.5. The number of benzene rings is 1. The van der Waals surface area contributed by atoms with Gasteiger partial charge >= 0.3 is 0 Å². The fourth-order valence-electron chi connectivity index (χ4n) is 2.35. The molecule has 0 aliphatic heterocycles. The van der Waals surface area contributed by atoms with Crippen molar-refractivity contribution in [1.82, 2.24) is 4.98 Å². The highest BCUT2D eigenvalue weighted by Gasteiger charge is 2.14. The van der Waals surface area contributed by atoms with Crippen molar-refractivity contribution in [2.45, 2.75) is 13.3 Å². The third kappa shape index (κ3) is 2.39. The molecule has 0 aliphatic rings. The molecule has 0 unspecified atom stereocenters. The molecule has 0 spiro atoms. The normalized spacial score (nSPS) is 10.9. The average molecular weight is 303 g/mol. The van der Waals surface area contributed by atoms with Gasteiger partial charge in [0.25, 0.3) is 0 Å². The first kappa shape index (κ1) is 13.4. The Kier molecular flexibility index (Phi) is 3.90. The van der Waals surface area contributed by atoms with Gasteiger partial charge in [-0.25, -0.2) is 0 Å². The Labute approximate surface area is 127 Å². The van der Waals surface area contributed by atoms with E-state index in [4.69, 9.17) is 11.6 Å². The van der Waals surface area contributed by atoms with E-state index >= 15 is 0 Å². The summed E-state index contributed by atoms with van der Waals surface area (Å²) >= 11 is 7.98. The predicted molar refractivity (Wildman–Crippen MR) is 88.4 cm³/mol. The number of halogens is 1. The fourth-order valence-corrected chi connectivity index (χ4v) is 3.63. The second kappa shape index (κ2) is 5.81. The van der Waals surface area contributed by atoms with Crippen LogP contribution in [0.25, 0.3) is 10.1 Å². The lowest BCUT2D eigenvalue weighted by molar-refractivity contribution is 0.888. The van der Waals surface area contributed by atoms with Gasteiger partial charge in [0.2, 0.25) is 0 Å². The number of rotatable bonds is 4. The van der Waals surface area contributed by atoms with Crippen molar-refractivity contribution < 1.29 is 0 Å². The Hall–Kier alpha value is -1.58. The molecule has 4 heteroatoms. The molecular weight excluding hydrogens is 288 g/mol. The molecule has 0 radical (unpaired) electrons. The second-order valence-electron chi connectivity index (χ2n) is 4.59. The Morgan fingerprint density at radius 3 is 2.75 bits per heavy atom. The van der Waals surface area contributed by atoms with Gasteiger partial charge in [-0.15, -0.1) is 11.3 Å². The van der Waals surface area contributed by atoms with Crippen molar-refractivity contribution in [3.05, 3.63) is 53.1 Å². The van der Waals surface area contributed by atoms with Gasteiger partial charge in [-0.2, -0.15) is 0 Å². The molecule has 0 atom stereocenters. The zero-order chi connectivity index (χ0) is 13.9. The van der Waals surface area contributed by atoms with Gasteiger partial charge in [0.05, 0.1) is 15.4 Å². The Bertz CT molecular complexity index is 709. The van der Waals surface area contributed by atoms with E-state index in [1.165, 1.54) is 16.8 Å². The monoisotopic (exact) mass is 302 g/mol. The number of pyridine rings is 1. The molecule has 0 fully saturated rings. The maximum absolute atomic E-state index is 6.28. The lowest BCUT2D eigenvalue weighted by Gasteiger charge is -2.23. The van der Waals surface area contributed by atoms with E-state index in [1.54, 1.807) is 11.3 Å². The Balaban J connectivity index is 2.13. The minimum atomic E-state index is 0.824. The Morgan fingerprint density at radius 1 is 1.20 bits per heavy atom. The van der Waals surface area contributed by atoms with Crippen LogP contribution in [0.5, 0.6) is 0 Å². The van der Waals surface area contributed by atoms with Crippen molar-refractivity contribution in [3.63, 3.8) is 0 Å². The van der Waals surface area contributed by atoms with Crippen LogP contribution in [-0.4, -0.2) is 11.5 Å². The molecule has 0 saturated carbocycles. The number of fused-ring (bicyclic) bond motifs is 1. The van der Waals surface area contributed by atoms with Gasteiger partial charge in [0.15, 0.2) is 0 Å². The number of anilines is 2. The molecule has 3 rings (SSSR count). The summed E-state index contributed by atoms with van der Waals surface area (Å²) in [7, 11) is 0. The average Bonchev–Trinajstić information content (AvgIpc) is 2.91. The number of hydrogen-bond donors (Lipinski definition) is 0. The van der Waals surface area contributed by atoms with Crippen LogP contribution in [0.4, 0.5) is 11.4 Å². The molecule has 0 bridgehead atoms. The van der Waals surface area contributed by atoms with Crippen LogP contribution >= 0.6 is 22.9 Å². The Morgan fingerprint density at radius 2 is 2.00 bits per heavy atom. The van der Waals surface area contributed by atoms with E-state index in [0.29, 0.717) is 0 Å². The first-order valence-electron chi connectivity index (χ1n) is 6.64. The molecule has 3 aromatic rings. The van der Waals surface area contributed by atoms with Crippen molar-refractivity contribution in [3.8, 4) is 0 Å². The molecule has 0 amide bonds. The van der Waals surface area contributed by atoms with Crippen LogP contribution in [0, 0.1) is 0 Å². The number of hydrogen-bond acceptors (Lipinski definition) is 3. The lowest BCUT2D eigenvalue weighted by atomic mass is 10.2. The van der Waals surface area contributed by atoms with Gasteiger partial charge in [-0.1, -0.05) is 30.7 Å². The van der Waals surface area contributed by atoms with Crippen LogP contribution in [0.2, 0.25) is 5.02 Å². The van der Waals surface area contributed by atoms with Gasteiger partial charge in [0.1, 0.15) is 0 Å². The third-order valence-electron chi connectivity index (χ3n) is 3.24. The van der Waals surface area contributed by atoms with E-state index < -0.39 is 0 Å². The molecule has 1 aromatic carbocycles.